The molecule has 4 heteroatoms. The molecule has 0 saturated carbocycles. The molecule has 2 unspecified atom stereocenters. The molecule has 2 atom stereocenters. The van der Waals surface area contributed by atoms with Gasteiger partial charge in [-0.1, -0.05) is 18.5 Å². The van der Waals surface area contributed by atoms with Crippen molar-refractivity contribution in [3.63, 3.8) is 0 Å². The topological polar surface area (TPSA) is 20.3 Å². The van der Waals surface area contributed by atoms with Crippen LogP contribution in [0.25, 0.3) is 0 Å². The summed E-state index contributed by atoms with van der Waals surface area (Å²) in [6, 6.07) is 5.85. The number of carbonyl (C=O) groups is 1. The molecule has 1 aliphatic rings. The molecule has 0 aliphatic carbocycles. The second-order valence-corrected chi connectivity index (χ2v) is 6.68. The molecule has 0 spiro atoms. The summed E-state index contributed by atoms with van der Waals surface area (Å²) < 4.78 is 0.978. The number of rotatable bonds is 1. The van der Waals surface area contributed by atoms with E-state index in [0.29, 0.717) is 22.5 Å². The summed E-state index contributed by atoms with van der Waals surface area (Å²) in [7, 11) is 0. The molecule has 2 nitrogen and oxygen atoms in total. The number of hydrogen-bond acceptors (Lipinski definition) is 1. The van der Waals surface area contributed by atoms with E-state index in [4.69, 9.17) is 11.6 Å². The third-order valence-electron chi connectivity index (χ3n) is 3.57. The maximum atomic E-state index is 12.4. The molecule has 2 rings (SSSR count). The van der Waals surface area contributed by atoms with Crippen LogP contribution in [-0.2, 0) is 0 Å². The summed E-state index contributed by atoms with van der Waals surface area (Å²) in [6.45, 7) is 5.23. The molecule has 1 heterocycles. The van der Waals surface area contributed by atoms with Crippen LogP contribution in [0.3, 0.4) is 0 Å². The lowest BCUT2D eigenvalue weighted by Crippen LogP contribution is -2.44. The molecular formula is C14H17ClINO. The SMILES string of the molecule is CC1CCN(C(=O)c2ccc(I)c(Cl)c2)C(C)C1. The second kappa shape index (κ2) is 5.78. The lowest BCUT2D eigenvalue weighted by atomic mass is 9.93. The number of halogens is 2. The highest BCUT2D eigenvalue weighted by atomic mass is 127. The maximum absolute atomic E-state index is 12.4. The van der Waals surface area contributed by atoms with E-state index in [-0.39, 0.29) is 5.91 Å². The average Bonchev–Trinajstić information content (AvgIpc) is 2.32. The van der Waals surface area contributed by atoms with Crippen LogP contribution < -0.4 is 0 Å². The Labute approximate surface area is 127 Å². The largest absolute Gasteiger partial charge is 0.336 e. The van der Waals surface area contributed by atoms with E-state index in [2.05, 4.69) is 36.4 Å². The van der Waals surface area contributed by atoms with Crippen molar-refractivity contribution in [2.24, 2.45) is 5.92 Å². The van der Waals surface area contributed by atoms with Gasteiger partial charge in [-0.2, -0.15) is 0 Å². The first kappa shape index (κ1) is 14.1. The summed E-state index contributed by atoms with van der Waals surface area (Å²) in [5.41, 5.74) is 0.696. The standard InChI is InChI=1S/C14H17ClINO/c1-9-5-6-17(10(2)7-9)14(18)11-3-4-13(16)12(15)8-11/h3-4,8-10H,5-7H2,1-2H3. The predicted molar refractivity (Wildman–Crippen MR) is 83.1 cm³/mol. The van der Waals surface area contributed by atoms with Gasteiger partial charge in [0.25, 0.3) is 5.91 Å². The monoisotopic (exact) mass is 377 g/mol. The number of likely N-dealkylation sites (tertiary alicyclic amines) is 1. The molecule has 1 amide bonds. The Morgan fingerprint density at radius 3 is 2.78 bits per heavy atom. The molecular weight excluding hydrogens is 361 g/mol. The number of benzene rings is 1. The summed E-state index contributed by atoms with van der Waals surface area (Å²) in [5, 5.41) is 0.652. The Balaban J connectivity index is 2.18. The molecule has 0 bridgehead atoms. The minimum Gasteiger partial charge on any atom is -0.336 e. The van der Waals surface area contributed by atoms with Gasteiger partial charge in [-0.15, -0.1) is 0 Å². The van der Waals surface area contributed by atoms with Gasteiger partial charge in [-0.3, -0.25) is 4.79 Å². The van der Waals surface area contributed by atoms with Crippen LogP contribution in [0, 0.1) is 9.49 Å². The van der Waals surface area contributed by atoms with Crippen LogP contribution in [0.1, 0.15) is 37.0 Å². The fourth-order valence-corrected chi connectivity index (χ4v) is 3.02. The second-order valence-electron chi connectivity index (χ2n) is 5.11. The van der Waals surface area contributed by atoms with Crippen LogP contribution in [0.5, 0.6) is 0 Å². The summed E-state index contributed by atoms with van der Waals surface area (Å²) in [6.07, 6.45) is 2.18. The van der Waals surface area contributed by atoms with Crippen LogP contribution in [-0.4, -0.2) is 23.4 Å². The highest BCUT2D eigenvalue weighted by molar-refractivity contribution is 14.1. The van der Waals surface area contributed by atoms with E-state index in [1.54, 1.807) is 6.07 Å². The Morgan fingerprint density at radius 2 is 2.17 bits per heavy atom. The maximum Gasteiger partial charge on any atom is 0.254 e. The Bertz CT molecular complexity index is 463. The molecule has 98 valence electrons. The van der Waals surface area contributed by atoms with Gasteiger partial charge < -0.3 is 4.90 Å². The van der Waals surface area contributed by atoms with E-state index >= 15 is 0 Å². The van der Waals surface area contributed by atoms with Crippen LogP contribution in [0.2, 0.25) is 5.02 Å². The number of piperidine rings is 1. The summed E-state index contributed by atoms with van der Waals surface area (Å²) >= 11 is 8.25. The molecule has 1 aliphatic heterocycles. The molecule has 0 N–H and O–H groups in total. The first-order valence-electron chi connectivity index (χ1n) is 6.25. The third kappa shape index (κ3) is 2.99. The minimum atomic E-state index is 0.104. The zero-order valence-electron chi connectivity index (χ0n) is 10.6. The highest BCUT2D eigenvalue weighted by Gasteiger charge is 2.27. The average molecular weight is 378 g/mol. The third-order valence-corrected chi connectivity index (χ3v) is 5.14. The van der Waals surface area contributed by atoms with Crippen molar-refractivity contribution in [2.45, 2.75) is 32.7 Å². The van der Waals surface area contributed by atoms with Gasteiger partial charge in [-0.25, -0.2) is 0 Å². The van der Waals surface area contributed by atoms with Crippen molar-refractivity contribution in [2.75, 3.05) is 6.54 Å². The normalized spacial score (nSPS) is 24.1. The minimum absolute atomic E-state index is 0.104. The smallest absolute Gasteiger partial charge is 0.254 e. The van der Waals surface area contributed by atoms with Gasteiger partial charge >= 0.3 is 0 Å². The van der Waals surface area contributed by atoms with Crippen molar-refractivity contribution in [1.82, 2.24) is 4.90 Å². The Hall–Kier alpha value is -0.290. The Kier molecular flexibility index (Phi) is 4.54. The van der Waals surface area contributed by atoms with E-state index in [1.807, 2.05) is 17.0 Å². The van der Waals surface area contributed by atoms with E-state index in [0.717, 1.165) is 23.0 Å². The van der Waals surface area contributed by atoms with Gasteiger partial charge in [0.1, 0.15) is 0 Å². The van der Waals surface area contributed by atoms with Crippen molar-refractivity contribution in [1.29, 1.82) is 0 Å². The van der Waals surface area contributed by atoms with E-state index < -0.39 is 0 Å². The molecule has 1 fully saturated rings. The molecule has 0 radical (unpaired) electrons. The fourth-order valence-electron chi connectivity index (χ4n) is 2.50. The number of hydrogen-bond donors (Lipinski definition) is 0. The van der Waals surface area contributed by atoms with Gasteiger partial charge in [0, 0.05) is 21.7 Å². The van der Waals surface area contributed by atoms with Crippen LogP contribution in [0.4, 0.5) is 0 Å². The van der Waals surface area contributed by atoms with E-state index in [1.165, 1.54) is 0 Å². The lowest BCUT2D eigenvalue weighted by Gasteiger charge is -2.36. The summed E-state index contributed by atoms with van der Waals surface area (Å²) in [5.74, 6) is 0.817. The molecule has 1 aromatic carbocycles. The van der Waals surface area contributed by atoms with Gasteiger partial charge in [-0.05, 0) is 66.5 Å². The molecule has 18 heavy (non-hydrogen) atoms. The zero-order valence-corrected chi connectivity index (χ0v) is 13.5. The van der Waals surface area contributed by atoms with Crippen molar-refractivity contribution in [3.05, 3.63) is 32.4 Å². The van der Waals surface area contributed by atoms with Crippen molar-refractivity contribution in [3.8, 4) is 0 Å². The molecule has 1 aromatic rings. The highest BCUT2D eigenvalue weighted by Crippen LogP contribution is 2.25. The zero-order chi connectivity index (χ0) is 13.3. The Morgan fingerprint density at radius 1 is 1.44 bits per heavy atom. The number of nitrogens with zero attached hydrogens (tertiary/aromatic N) is 1. The van der Waals surface area contributed by atoms with E-state index in [9.17, 15) is 4.79 Å². The van der Waals surface area contributed by atoms with Crippen molar-refractivity contribution < 1.29 is 4.79 Å². The number of amides is 1. The predicted octanol–water partition coefficient (Wildman–Crippen LogP) is 4.21. The van der Waals surface area contributed by atoms with Crippen LogP contribution >= 0.6 is 34.2 Å². The van der Waals surface area contributed by atoms with Crippen LogP contribution in [0.15, 0.2) is 18.2 Å². The van der Waals surface area contributed by atoms with Gasteiger partial charge in [0.05, 0.1) is 5.02 Å². The molecule has 0 aromatic heterocycles. The fraction of sp³-hybridized carbons (Fsp3) is 0.500. The first-order chi connectivity index (χ1) is 8.49. The molecule has 1 saturated heterocycles. The summed E-state index contributed by atoms with van der Waals surface area (Å²) in [4.78, 5) is 14.4. The number of carbonyl (C=O) groups excluding carboxylic acids is 1. The van der Waals surface area contributed by atoms with Gasteiger partial charge in [0.2, 0.25) is 0 Å². The quantitative estimate of drug-likeness (QED) is 0.672. The lowest BCUT2D eigenvalue weighted by molar-refractivity contribution is 0.0588. The van der Waals surface area contributed by atoms with Gasteiger partial charge in [0.15, 0.2) is 0 Å². The first-order valence-corrected chi connectivity index (χ1v) is 7.70. The van der Waals surface area contributed by atoms with Crippen molar-refractivity contribution >= 4 is 40.1 Å².